The van der Waals surface area contributed by atoms with E-state index in [0.29, 0.717) is 24.1 Å². The van der Waals surface area contributed by atoms with Crippen LogP contribution in [0.3, 0.4) is 0 Å². The van der Waals surface area contributed by atoms with Gasteiger partial charge in [-0.1, -0.05) is 90.4 Å². The molecule has 188 valence electrons. The van der Waals surface area contributed by atoms with Crippen LogP contribution in [0.1, 0.15) is 96.8 Å². The van der Waals surface area contributed by atoms with Crippen molar-refractivity contribution < 1.29 is 33.5 Å². The van der Waals surface area contributed by atoms with Crippen LogP contribution in [0.4, 0.5) is 0 Å². The van der Waals surface area contributed by atoms with Crippen molar-refractivity contribution in [2.24, 2.45) is 0 Å². The minimum atomic E-state index is -4.04. The fourth-order valence-corrected chi connectivity index (χ4v) is 4.46. The van der Waals surface area contributed by atoms with E-state index in [1.54, 1.807) is 0 Å². The zero-order chi connectivity index (χ0) is 23.3. The molecule has 8 heteroatoms. The van der Waals surface area contributed by atoms with Crippen molar-refractivity contribution in [3.05, 3.63) is 0 Å². The third-order valence-corrected chi connectivity index (χ3v) is 6.94. The van der Waals surface area contributed by atoms with Gasteiger partial charge in [-0.05, 0) is 6.42 Å². The molecule has 0 saturated heterocycles. The van der Waals surface area contributed by atoms with E-state index in [4.69, 9.17) is 19.3 Å². The van der Waals surface area contributed by atoms with Crippen molar-refractivity contribution in [2.75, 3.05) is 53.1 Å². The second-order valence-corrected chi connectivity index (χ2v) is 10.4. The first-order chi connectivity index (χ1) is 14.9. The predicted molar refractivity (Wildman–Crippen MR) is 126 cm³/mol. The monoisotopic (exact) mass is 468 g/mol. The highest BCUT2D eigenvalue weighted by Gasteiger charge is 2.29. The van der Waals surface area contributed by atoms with E-state index in [0.717, 1.165) is 19.3 Å². The zero-order valence-corrected chi connectivity index (χ0v) is 21.2. The molecule has 0 radical (unpaired) electrons. The molecular weight excluding hydrogens is 417 g/mol. The Balaban J connectivity index is 3.54. The summed E-state index contributed by atoms with van der Waals surface area (Å²) < 4.78 is 10.5. The molecule has 0 bridgehead atoms. The minimum absolute atomic E-state index is 0.0110. The van der Waals surface area contributed by atoms with E-state index in [-0.39, 0.29) is 26.4 Å². The van der Waals surface area contributed by atoms with Crippen LogP contribution in [0.15, 0.2) is 0 Å². The number of unbranched alkanes of at least 4 members (excludes halogenated alkanes) is 13. The average Bonchev–Trinajstić information content (AvgIpc) is 2.71. The number of aliphatic hydroxyl groups is 2. The van der Waals surface area contributed by atoms with Gasteiger partial charge in [-0.15, -0.1) is 0 Å². The third kappa shape index (κ3) is 20.5. The number of hydrogen-bond donors (Lipinski definition) is 3. The highest BCUT2D eigenvalue weighted by atomic mass is 31.2. The largest absolute Gasteiger partial charge is 0.606 e. The smallest absolute Gasteiger partial charge is 0.377 e. The lowest BCUT2D eigenvalue weighted by atomic mass is 10.0. The Labute approximate surface area is 192 Å². The average molecular weight is 469 g/mol. The summed E-state index contributed by atoms with van der Waals surface area (Å²) in [7, 11) is -2.17. The Morgan fingerprint density at radius 1 is 0.645 bits per heavy atom. The van der Waals surface area contributed by atoms with Crippen LogP contribution in [0, 0.1) is 0 Å². The van der Waals surface area contributed by atoms with Crippen molar-refractivity contribution >= 4 is 8.17 Å². The van der Waals surface area contributed by atoms with Gasteiger partial charge in [0.1, 0.15) is 26.2 Å². The maximum absolute atomic E-state index is 12.0. The molecule has 0 rings (SSSR count). The standard InChI is InChI=1S/C23H50NO6P/c1-3-4-5-6-7-8-9-10-11-12-13-14-15-16-22-29-31(27,28)30-23-19-24(2,17-20-25)18-21-26/h25-26H,3-23H2,1-2H3/p+1. The molecule has 0 amide bonds. The van der Waals surface area contributed by atoms with Crippen LogP contribution in [-0.4, -0.2) is 72.7 Å². The topological polar surface area (TPSA) is 102 Å². The van der Waals surface area contributed by atoms with Gasteiger partial charge in [-0.25, -0.2) is 0 Å². The predicted octanol–water partition coefficient (Wildman–Crippen LogP) is 3.96. The molecule has 7 nitrogen and oxygen atoms in total. The summed E-state index contributed by atoms with van der Waals surface area (Å²) in [6, 6.07) is 0. The van der Waals surface area contributed by atoms with Crippen LogP contribution >= 0.6 is 8.17 Å². The Hall–Kier alpha value is 0.150. The fraction of sp³-hybridized carbons (Fsp3) is 1.00. The van der Waals surface area contributed by atoms with Gasteiger partial charge in [0.2, 0.25) is 0 Å². The van der Waals surface area contributed by atoms with Crippen LogP contribution in [0.5, 0.6) is 0 Å². The van der Waals surface area contributed by atoms with E-state index < -0.39 is 8.17 Å². The van der Waals surface area contributed by atoms with Crippen molar-refractivity contribution in [3.8, 4) is 0 Å². The second kappa shape index (κ2) is 20.7. The molecule has 1 atom stereocenters. The van der Waals surface area contributed by atoms with Crippen LogP contribution in [-0.2, 0) is 9.05 Å². The summed E-state index contributed by atoms with van der Waals surface area (Å²) in [6.45, 7) is 3.85. The van der Waals surface area contributed by atoms with Gasteiger partial charge in [0, 0.05) is 0 Å². The van der Waals surface area contributed by atoms with Gasteiger partial charge >= 0.3 is 8.17 Å². The summed E-state index contributed by atoms with van der Waals surface area (Å²) in [5, 5.41) is 18.2. The molecule has 3 N–H and O–H groups in total. The highest BCUT2D eigenvalue weighted by Crippen LogP contribution is 2.47. The number of quaternary nitrogens is 1. The number of phosphoric ester groups is 1. The van der Waals surface area contributed by atoms with Gasteiger partial charge in [-0.2, -0.15) is 13.9 Å². The molecule has 0 aliphatic rings. The highest BCUT2D eigenvalue weighted by molar-refractivity contribution is 7.52. The molecule has 0 aliphatic heterocycles. The zero-order valence-electron chi connectivity index (χ0n) is 20.3. The molecule has 1 unspecified atom stereocenters. The normalized spacial score (nSPS) is 14.1. The van der Waals surface area contributed by atoms with E-state index in [1.807, 2.05) is 7.05 Å². The van der Waals surface area contributed by atoms with Crippen molar-refractivity contribution in [1.82, 2.24) is 0 Å². The molecule has 0 spiro atoms. The lowest BCUT2D eigenvalue weighted by Crippen LogP contribution is -2.50. The van der Waals surface area contributed by atoms with Crippen LogP contribution < -0.4 is 4.89 Å². The Morgan fingerprint density at radius 2 is 1.03 bits per heavy atom. The summed E-state index contributed by atoms with van der Waals surface area (Å²) >= 11 is 0. The van der Waals surface area contributed by atoms with Crippen molar-refractivity contribution in [2.45, 2.75) is 96.8 Å². The molecule has 0 aliphatic carbocycles. The number of hydrogen-bond acceptors (Lipinski definition) is 6. The quantitative estimate of drug-likeness (QED) is 0.113. The maximum atomic E-state index is 12.0. The molecule has 31 heavy (non-hydrogen) atoms. The van der Waals surface area contributed by atoms with Crippen molar-refractivity contribution in [3.63, 3.8) is 0 Å². The molecule has 0 saturated carbocycles. The minimum Gasteiger partial charge on any atom is -0.606 e. The van der Waals surface area contributed by atoms with E-state index in [2.05, 4.69) is 6.92 Å². The van der Waals surface area contributed by atoms with Gasteiger partial charge in [0.25, 0.3) is 0 Å². The van der Waals surface area contributed by atoms with Gasteiger partial charge < -0.3 is 19.6 Å². The first-order valence-electron chi connectivity index (χ1n) is 12.6. The van der Waals surface area contributed by atoms with E-state index in [1.165, 1.54) is 70.6 Å². The molecule has 0 fully saturated rings. The summed E-state index contributed by atoms with van der Waals surface area (Å²) in [5.74, 6) is 0. The Bertz CT molecular complexity index is 381. The van der Waals surface area contributed by atoms with Crippen molar-refractivity contribution in [1.29, 1.82) is 0 Å². The number of rotatable bonds is 24. The summed E-state index contributed by atoms with van der Waals surface area (Å²) in [4.78, 5) is 21.7. The Morgan fingerprint density at radius 3 is 1.45 bits per heavy atom. The number of phosphoric acid groups is 1. The summed E-state index contributed by atoms with van der Waals surface area (Å²) in [5.41, 5.74) is 0. The van der Waals surface area contributed by atoms with E-state index >= 15 is 0 Å². The van der Waals surface area contributed by atoms with E-state index in [9.17, 15) is 9.79 Å². The molecule has 0 aromatic carbocycles. The maximum Gasteiger partial charge on any atom is 0.377 e. The molecule has 0 aromatic heterocycles. The molecule has 0 heterocycles. The lowest BCUT2D eigenvalue weighted by molar-refractivity contribution is -0.910. The number of likely N-dealkylation sites (N-methyl/N-ethyl adjacent to an activating group) is 1. The van der Waals surface area contributed by atoms with Gasteiger partial charge in [-0.3, -0.25) is 0 Å². The van der Waals surface area contributed by atoms with Crippen LogP contribution in [0.25, 0.3) is 0 Å². The lowest BCUT2D eigenvalue weighted by Gasteiger charge is -2.33. The van der Waals surface area contributed by atoms with Gasteiger partial charge in [0.15, 0.2) is 0 Å². The van der Waals surface area contributed by atoms with Gasteiger partial charge in [0.05, 0.1) is 26.9 Å². The Kier molecular flexibility index (Phi) is 20.8. The fourth-order valence-electron chi connectivity index (χ4n) is 3.71. The SMILES string of the molecule is CCCCCCCCCCCCCCCCO[P+]([O-])(O)OCC[N+](C)(CCO)CCO. The molecular formula is C23H51NO6P+. The third-order valence-electron chi connectivity index (χ3n) is 5.92. The molecule has 0 aromatic rings. The summed E-state index contributed by atoms with van der Waals surface area (Å²) in [6.07, 6.45) is 17.7. The first kappa shape index (κ1) is 31.1. The number of aliphatic hydroxyl groups excluding tert-OH is 2. The first-order valence-corrected chi connectivity index (χ1v) is 14.1. The number of nitrogens with zero attached hydrogens (tertiary/aromatic N) is 1. The van der Waals surface area contributed by atoms with Crippen LogP contribution in [0.2, 0.25) is 0 Å². The second-order valence-electron chi connectivity index (χ2n) is 8.97.